The van der Waals surface area contributed by atoms with Crippen LogP contribution in [-0.4, -0.2) is 9.78 Å². The number of halogens is 1. The summed E-state index contributed by atoms with van der Waals surface area (Å²) in [4.78, 5) is 0. The number of nitrogens with two attached hydrogens (primary N) is 1. The van der Waals surface area contributed by atoms with Crippen molar-refractivity contribution in [3.63, 3.8) is 0 Å². The zero-order valence-corrected chi connectivity index (χ0v) is 13.5. The molecule has 2 aromatic rings. The van der Waals surface area contributed by atoms with Crippen LogP contribution >= 0.6 is 11.6 Å². The second-order valence-electron chi connectivity index (χ2n) is 5.06. The Morgan fingerprint density at radius 1 is 1.33 bits per heavy atom. The van der Waals surface area contributed by atoms with Gasteiger partial charge in [0.05, 0.1) is 16.4 Å². The lowest BCUT2D eigenvalue weighted by Gasteiger charge is -2.11. The lowest BCUT2D eigenvalue weighted by atomic mass is 10.1. The summed E-state index contributed by atoms with van der Waals surface area (Å²) in [5.41, 5.74) is 8.98. The standard InChI is InChI=1S/C16H22ClN3O/c1-4-13-9-14(20(5-2)19-13)10-21-16-7-6-12(11(3)18)8-15(16)17/h6-9,11H,4-5,10,18H2,1-3H3/t11-/m0/s1. The fraction of sp³-hybridized carbons (Fsp3) is 0.438. The number of hydrogen-bond acceptors (Lipinski definition) is 3. The molecule has 0 bridgehead atoms. The van der Waals surface area contributed by atoms with Crippen LogP contribution in [0.1, 0.15) is 43.8 Å². The van der Waals surface area contributed by atoms with Crippen LogP contribution in [0, 0.1) is 0 Å². The second-order valence-corrected chi connectivity index (χ2v) is 5.47. The van der Waals surface area contributed by atoms with E-state index >= 15 is 0 Å². The summed E-state index contributed by atoms with van der Waals surface area (Å²) >= 11 is 6.24. The lowest BCUT2D eigenvalue weighted by Crippen LogP contribution is -2.07. The maximum absolute atomic E-state index is 6.24. The number of aryl methyl sites for hydroxylation is 2. The summed E-state index contributed by atoms with van der Waals surface area (Å²) in [6, 6.07) is 7.71. The normalized spacial score (nSPS) is 12.4. The fourth-order valence-corrected chi connectivity index (χ4v) is 2.39. The van der Waals surface area contributed by atoms with Crippen molar-refractivity contribution in [3.8, 4) is 5.75 Å². The highest BCUT2D eigenvalue weighted by atomic mass is 35.5. The van der Waals surface area contributed by atoms with Gasteiger partial charge >= 0.3 is 0 Å². The fourth-order valence-electron chi connectivity index (χ4n) is 2.15. The van der Waals surface area contributed by atoms with E-state index in [9.17, 15) is 0 Å². The maximum atomic E-state index is 6.24. The van der Waals surface area contributed by atoms with Crippen molar-refractivity contribution in [3.05, 3.63) is 46.2 Å². The van der Waals surface area contributed by atoms with Gasteiger partial charge in [-0.1, -0.05) is 24.6 Å². The molecule has 5 heteroatoms. The van der Waals surface area contributed by atoms with E-state index in [-0.39, 0.29) is 6.04 Å². The summed E-state index contributed by atoms with van der Waals surface area (Å²) in [6.45, 7) is 7.38. The van der Waals surface area contributed by atoms with Crippen LogP contribution in [0.4, 0.5) is 0 Å². The van der Waals surface area contributed by atoms with E-state index in [1.165, 1.54) is 0 Å². The summed E-state index contributed by atoms with van der Waals surface area (Å²) in [5.74, 6) is 0.669. The Morgan fingerprint density at radius 3 is 2.67 bits per heavy atom. The van der Waals surface area contributed by atoms with Crippen molar-refractivity contribution in [1.82, 2.24) is 9.78 Å². The van der Waals surface area contributed by atoms with E-state index < -0.39 is 0 Å². The molecule has 0 spiro atoms. The number of rotatable bonds is 6. The van der Waals surface area contributed by atoms with Crippen LogP contribution in [-0.2, 0) is 19.6 Å². The molecule has 0 aliphatic carbocycles. The number of ether oxygens (including phenoxy) is 1. The van der Waals surface area contributed by atoms with Crippen LogP contribution in [0.3, 0.4) is 0 Å². The summed E-state index contributed by atoms with van der Waals surface area (Å²) in [7, 11) is 0. The highest BCUT2D eigenvalue weighted by Gasteiger charge is 2.09. The average molecular weight is 308 g/mol. The Hall–Kier alpha value is -1.52. The molecule has 114 valence electrons. The first-order valence-corrected chi connectivity index (χ1v) is 7.66. The van der Waals surface area contributed by atoms with Crippen LogP contribution in [0.2, 0.25) is 5.02 Å². The molecule has 0 saturated heterocycles. The highest BCUT2D eigenvalue weighted by molar-refractivity contribution is 6.32. The topological polar surface area (TPSA) is 53.1 Å². The summed E-state index contributed by atoms with van der Waals surface area (Å²) in [6.07, 6.45) is 0.920. The monoisotopic (exact) mass is 307 g/mol. The van der Waals surface area contributed by atoms with Crippen molar-refractivity contribution in [2.45, 2.75) is 46.4 Å². The molecular formula is C16H22ClN3O. The zero-order valence-electron chi connectivity index (χ0n) is 12.8. The third-order valence-corrected chi connectivity index (χ3v) is 3.73. The number of benzene rings is 1. The van der Waals surface area contributed by atoms with Gasteiger partial charge in [-0.3, -0.25) is 4.68 Å². The van der Waals surface area contributed by atoms with Gasteiger partial charge in [-0.25, -0.2) is 0 Å². The van der Waals surface area contributed by atoms with Crippen molar-refractivity contribution in [2.75, 3.05) is 0 Å². The van der Waals surface area contributed by atoms with Gasteiger partial charge in [0.15, 0.2) is 0 Å². The number of hydrogen-bond donors (Lipinski definition) is 1. The first-order valence-electron chi connectivity index (χ1n) is 7.28. The molecule has 0 aliphatic heterocycles. The Bertz CT molecular complexity index is 608. The molecule has 0 aliphatic rings. The van der Waals surface area contributed by atoms with Gasteiger partial charge in [-0.15, -0.1) is 0 Å². The van der Waals surface area contributed by atoms with Crippen molar-refractivity contribution in [2.24, 2.45) is 5.73 Å². The molecule has 1 aromatic heterocycles. The highest BCUT2D eigenvalue weighted by Crippen LogP contribution is 2.28. The Balaban J connectivity index is 2.11. The quantitative estimate of drug-likeness (QED) is 0.885. The van der Waals surface area contributed by atoms with Crippen molar-refractivity contribution < 1.29 is 4.74 Å². The van der Waals surface area contributed by atoms with Gasteiger partial charge in [0.1, 0.15) is 12.4 Å². The molecule has 0 fully saturated rings. The minimum absolute atomic E-state index is 0.0369. The van der Waals surface area contributed by atoms with E-state index in [0.29, 0.717) is 17.4 Å². The first-order chi connectivity index (χ1) is 10.0. The predicted molar refractivity (Wildman–Crippen MR) is 85.7 cm³/mol. The molecule has 1 heterocycles. The van der Waals surface area contributed by atoms with Crippen LogP contribution in [0.15, 0.2) is 24.3 Å². The SMILES string of the molecule is CCc1cc(COc2ccc([C@H](C)N)cc2Cl)n(CC)n1. The second kappa shape index (κ2) is 6.96. The molecule has 21 heavy (non-hydrogen) atoms. The average Bonchev–Trinajstić information content (AvgIpc) is 2.88. The summed E-state index contributed by atoms with van der Waals surface area (Å²) in [5, 5.41) is 5.09. The van der Waals surface area contributed by atoms with Gasteiger partial charge in [0, 0.05) is 12.6 Å². The molecule has 0 saturated carbocycles. The minimum atomic E-state index is -0.0369. The van der Waals surface area contributed by atoms with E-state index in [2.05, 4.69) is 25.0 Å². The number of aromatic nitrogens is 2. The molecule has 2 N–H and O–H groups in total. The van der Waals surface area contributed by atoms with E-state index in [1.54, 1.807) is 0 Å². The first kappa shape index (κ1) is 15.9. The molecular weight excluding hydrogens is 286 g/mol. The van der Waals surface area contributed by atoms with Gasteiger partial charge in [0.2, 0.25) is 0 Å². The van der Waals surface area contributed by atoms with E-state index in [4.69, 9.17) is 22.1 Å². The van der Waals surface area contributed by atoms with E-state index in [0.717, 1.165) is 29.9 Å². The van der Waals surface area contributed by atoms with E-state index in [1.807, 2.05) is 29.8 Å². The maximum Gasteiger partial charge on any atom is 0.138 e. The molecule has 0 amide bonds. The Labute approximate surface area is 130 Å². The third kappa shape index (κ3) is 3.77. The van der Waals surface area contributed by atoms with Gasteiger partial charge in [-0.2, -0.15) is 5.10 Å². The largest absolute Gasteiger partial charge is 0.486 e. The lowest BCUT2D eigenvalue weighted by molar-refractivity contribution is 0.292. The molecule has 1 aromatic carbocycles. The van der Waals surface area contributed by atoms with Crippen LogP contribution in [0.25, 0.3) is 0 Å². The van der Waals surface area contributed by atoms with Gasteiger partial charge < -0.3 is 10.5 Å². The number of nitrogens with zero attached hydrogens (tertiary/aromatic N) is 2. The van der Waals surface area contributed by atoms with Crippen molar-refractivity contribution in [1.29, 1.82) is 0 Å². The van der Waals surface area contributed by atoms with Gasteiger partial charge in [0.25, 0.3) is 0 Å². The Morgan fingerprint density at radius 2 is 2.10 bits per heavy atom. The molecule has 4 nitrogen and oxygen atoms in total. The van der Waals surface area contributed by atoms with Crippen LogP contribution < -0.4 is 10.5 Å². The Kier molecular flexibility index (Phi) is 5.26. The van der Waals surface area contributed by atoms with Gasteiger partial charge in [-0.05, 0) is 44.0 Å². The zero-order chi connectivity index (χ0) is 15.4. The molecule has 0 radical (unpaired) electrons. The van der Waals surface area contributed by atoms with Crippen molar-refractivity contribution >= 4 is 11.6 Å². The smallest absolute Gasteiger partial charge is 0.138 e. The molecule has 0 unspecified atom stereocenters. The third-order valence-electron chi connectivity index (χ3n) is 3.43. The predicted octanol–water partition coefficient (Wildman–Crippen LogP) is 3.72. The van der Waals surface area contributed by atoms with Crippen LogP contribution in [0.5, 0.6) is 5.75 Å². The summed E-state index contributed by atoms with van der Waals surface area (Å²) < 4.78 is 7.79. The molecule has 2 rings (SSSR count). The molecule has 1 atom stereocenters. The minimum Gasteiger partial charge on any atom is -0.486 e.